The molecule has 0 amide bonds. The van der Waals surface area contributed by atoms with Crippen molar-refractivity contribution < 1.29 is 14.2 Å². The van der Waals surface area contributed by atoms with Crippen molar-refractivity contribution >= 4 is 11.4 Å². The first kappa shape index (κ1) is 17.6. The highest BCUT2D eigenvalue weighted by molar-refractivity contribution is 5.68. The second-order valence-corrected chi connectivity index (χ2v) is 6.17. The molecule has 5 heteroatoms. The van der Waals surface area contributed by atoms with E-state index in [0.717, 1.165) is 6.42 Å². The van der Waals surface area contributed by atoms with Crippen LogP contribution in [0, 0.1) is 11.7 Å². The summed E-state index contributed by atoms with van der Waals surface area (Å²) >= 11 is 0. The van der Waals surface area contributed by atoms with Gasteiger partial charge in [-0.15, -0.1) is 0 Å². The molecule has 0 radical (unpaired) electrons. The van der Waals surface area contributed by atoms with Crippen molar-refractivity contribution in [2.75, 3.05) is 24.2 Å². The van der Waals surface area contributed by atoms with Crippen molar-refractivity contribution in [2.45, 2.75) is 46.1 Å². The van der Waals surface area contributed by atoms with E-state index in [9.17, 15) is 9.50 Å². The highest BCUT2D eigenvalue weighted by Gasteiger charge is 2.22. The number of aliphatic hydroxyl groups is 1. The Morgan fingerprint density at radius 2 is 2.10 bits per heavy atom. The largest absolute Gasteiger partial charge is 0.490 e. The van der Waals surface area contributed by atoms with Gasteiger partial charge in [0.1, 0.15) is 0 Å². The minimum absolute atomic E-state index is 0.178. The molecule has 4 nitrogen and oxygen atoms in total. The van der Waals surface area contributed by atoms with E-state index in [2.05, 4.69) is 19.2 Å². The molecule has 1 aromatic rings. The molecule has 0 aliphatic carbocycles. The minimum atomic E-state index is -0.848. The van der Waals surface area contributed by atoms with Crippen LogP contribution in [0.2, 0.25) is 0 Å². The normalized spacial score (nSPS) is 14.0. The van der Waals surface area contributed by atoms with Gasteiger partial charge in [-0.25, -0.2) is 4.39 Å². The number of anilines is 2. The topological polar surface area (TPSA) is 67.5 Å². The standard InChI is InChI=1S/C16H27FN2O2/c1-5-6-21-15-8-14(13(18)7-12(15)17)19-10-16(4,20)9-11(2)3/h7-8,11,19-20H,5-6,9-10,18H2,1-4H3. The summed E-state index contributed by atoms with van der Waals surface area (Å²) in [6, 6.07) is 2.79. The quantitative estimate of drug-likeness (QED) is 0.643. The van der Waals surface area contributed by atoms with Crippen LogP contribution in [-0.4, -0.2) is 23.9 Å². The Morgan fingerprint density at radius 1 is 1.43 bits per heavy atom. The zero-order valence-corrected chi connectivity index (χ0v) is 13.4. The van der Waals surface area contributed by atoms with Crippen molar-refractivity contribution in [1.29, 1.82) is 0 Å². The number of ether oxygens (including phenoxy) is 1. The molecule has 4 N–H and O–H groups in total. The summed E-state index contributed by atoms with van der Waals surface area (Å²) in [5.74, 6) is 0.0910. The van der Waals surface area contributed by atoms with Crippen LogP contribution in [-0.2, 0) is 0 Å². The fourth-order valence-corrected chi connectivity index (χ4v) is 2.28. The average Bonchev–Trinajstić information content (AvgIpc) is 2.35. The molecule has 0 fully saturated rings. The summed E-state index contributed by atoms with van der Waals surface area (Å²) in [5.41, 5.74) is 5.84. The number of halogens is 1. The molecule has 1 unspecified atom stereocenters. The number of nitrogens with one attached hydrogen (secondary N) is 1. The Balaban J connectivity index is 2.78. The van der Waals surface area contributed by atoms with E-state index >= 15 is 0 Å². The van der Waals surface area contributed by atoms with Crippen LogP contribution in [0.1, 0.15) is 40.5 Å². The van der Waals surface area contributed by atoms with Gasteiger partial charge in [0, 0.05) is 18.7 Å². The molecule has 0 aliphatic heterocycles. The van der Waals surface area contributed by atoms with Crippen LogP contribution in [0.25, 0.3) is 0 Å². The van der Waals surface area contributed by atoms with Crippen molar-refractivity contribution in [3.63, 3.8) is 0 Å². The number of hydrogen-bond acceptors (Lipinski definition) is 4. The summed E-state index contributed by atoms with van der Waals surface area (Å²) in [7, 11) is 0. The third-order valence-corrected chi connectivity index (χ3v) is 3.07. The van der Waals surface area contributed by atoms with Gasteiger partial charge in [-0.05, 0) is 25.7 Å². The average molecular weight is 298 g/mol. The van der Waals surface area contributed by atoms with Gasteiger partial charge in [0.2, 0.25) is 0 Å². The van der Waals surface area contributed by atoms with E-state index in [1.807, 2.05) is 6.92 Å². The van der Waals surface area contributed by atoms with Crippen LogP contribution < -0.4 is 15.8 Å². The SMILES string of the molecule is CCCOc1cc(NCC(C)(O)CC(C)C)c(N)cc1F. The maximum Gasteiger partial charge on any atom is 0.167 e. The second-order valence-electron chi connectivity index (χ2n) is 6.17. The molecule has 120 valence electrons. The predicted molar refractivity (Wildman–Crippen MR) is 85.2 cm³/mol. The van der Waals surface area contributed by atoms with E-state index in [1.54, 1.807) is 13.0 Å². The summed E-state index contributed by atoms with van der Waals surface area (Å²) in [6.45, 7) is 8.63. The van der Waals surface area contributed by atoms with Gasteiger partial charge in [0.25, 0.3) is 0 Å². The Bertz CT molecular complexity index is 462. The van der Waals surface area contributed by atoms with E-state index < -0.39 is 11.4 Å². The first-order valence-electron chi connectivity index (χ1n) is 7.43. The molecule has 0 saturated carbocycles. The first-order chi connectivity index (χ1) is 9.75. The number of rotatable bonds is 8. The van der Waals surface area contributed by atoms with Gasteiger partial charge >= 0.3 is 0 Å². The zero-order valence-electron chi connectivity index (χ0n) is 13.4. The Morgan fingerprint density at radius 3 is 2.67 bits per heavy atom. The van der Waals surface area contributed by atoms with Gasteiger partial charge in [-0.1, -0.05) is 20.8 Å². The molecule has 1 atom stereocenters. The van der Waals surface area contributed by atoms with Gasteiger partial charge in [-0.3, -0.25) is 0 Å². The fourth-order valence-electron chi connectivity index (χ4n) is 2.28. The van der Waals surface area contributed by atoms with E-state index in [-0.39, 0.29) is 5.75 Å². The molecule has 0 spiro atoms. The zero-order chi connectivity index (χ0) is 16.0. The Labute approximate surface area is 126 Å². The first-order valence-corrected chi connectivity index (χ1v) is 7.43. The van der Waals surface area contributed by atoms with Crippen molar-refractivity contribution in [1.82, 2.24) is 0 Å². The van der Waals surface area contributed by atoms with Crippen molar-refractivity contribution in [3.05, 3.63) is 17.9 Å². The van der Waals surface area contributed by atoms with Crippen LogP contribution in [0.15, 0.2) is 12.1 Å². The van der Waals surface area contributed by atoms with Crippen LogP contribution in [0.5, 0.6) is 5.75 Å². The monoisotopic (exact) mass is 298 g/mol. The summed E-state index contributed by atoms with van der Waals surface area (Å²) in [6.07, 6.45) is 1.47. The number of nitrogen functional groups attached to an aromatic ring is 1. The van der Waals surface area contributed by atoms with Gasteiger partial charge in [-0.2, -0.15) is 0 Å². The van der Waals surface area contributed by atoms with Crippen LogP contribution >= 0.6 is 0 Å². The van der Waals surface area contributed by atoms with Gasteiger partial charge in [0.15, 0.2) is 11.6 Å². The van der Waals surface area contributed by atoms with E-state index in [1.165, 1.54) is 6.07 Å². The predicted octanol–water partition coefficient (Wildman–Crippen LogP) is 3.41. The summed E-state index contributed by atoms with van der Waals surface area (Å²) < 4.78 is 19.1. The highest BCUT2D eigenvalue weighted by Crippen LogP contribution is 2.29. The molecule has 0 bridgehead atoms. The Kier molecular flexibility index (Phi) is 6.27. The lowest BCUT2D eigenvalue weighted by Gasteiger charge is -2.26. The summed E-state index contributed by atoms with van der Waals surface area (Å²) in [5, 5.41) is 13.4. The molecule has 21 heavy (non-hydrogen) atoms. The van der Waals surface area contributed by atoms with Crippen molar-refractivity contribution in [2.24, 2.45) is 5.92 Å². The van der Waals surface area contributed by atoms with E-state index in [4.69, 9.17) is 10.5 Å². The van der Waals surface area contributed by atoms with Gasteiger partial charge < -0.3 is 20.9 Å². The van der Waals surface area contributed by atoms with Gasteiger partial charge in [0.05, 0.1) is 23.6 Å². The molecule has 1 rings (SSSR count). The maximum atomic E-state index is 13.7. The molecular weight excluding hydrogens is 271 g/mol. The van der Waals surface area contributed by atoms with Crippen LogP contribution in [0.3, 0.4) is 0 Å². The fraction of sp³-hybridized carbons (Fsp3) is 0.625. The number of hydrogen-bond donors (Lipinski definition) is 3. The molecule has 0 aromatic heterocycles. The molecule has 0 aliphatic rings. The summed E-state index contributed by atoms with van der Waals surface area (Å²) in [4.78, 5) is 0. The number of nitrogens with two attached hydrogens (primary N) is 1. The third kappa shape index (κ3) is 5.79. The smallest absolute Gasteiger partial charge is 0.167 e. The molecule has 0 heterocycles. The van der Waals surface area contributed by atoms with E-state index in [0.29, 0.717) is 36.9 Å². The molecular formula is C16H27FN2O2. The maximum absolute atomic E-state index is 13.7. The molecule has 0 saturated heterocycles. The number of benzene rings is 1. The third-order valence-electron chi connectivity index (χ3n) is 3.07. The van der Waals surface area contributed by atoms with Crippen LogP contribution in [0.4, 0.5) is 15.8 Å². The minimum Gasteiger partial charge on any atom is -0.490 e. The molecule has 1 aromatic carbocycles. The lowest BCUT2D eigenvalue weighted by molar-refractivity contribution is 0.0515. The highest BCUT2D eigenvalue weighted by atomic mass is 19.1. The lowest BCUT2D eigenvalue weighted by Crippen LogP contribution is -2.35. The second kappa shape index (κ2) is 7.50. The lowest BCUT2D eigenvalue weighted by atomic mass is 9.94. The van der Waals surface area contributed by atoms with Crippen molar-refractivity contribution in [3.8, 4) is 5.75 Å². The Hall–Kier alpha value is -1.49.